The molecule has 0 saturated carbocycles. The highest BCUT2D eigenvalue weighted by Crippen LogP contribution is 2.41. The van der Waals surface area contributed by atoms with Crippen molar-refractivity contribution in [3.63, 3.8) is 0 Å². The second-order valence-electron chi connectivity index (χ2n) is 7.11. The van der Waals surface area contributed by atoms with Gasteiger partial charge in [-0.3, -0.25) is 9.59 Å². The number of ketones is 1. The maximum absolute atomic E-state index is 12.4. The monoisotopic (exact) mass is 451 g/mol. The Bertz CT molecular complexity index is 1090. The Kier molecular flexibility index (Phi) is 7.56. The Hall–Kier alpha value is -3.01. The second kappa shape index (κ2) is 10.3. The molecule has 2 N–H and O–H groups in total. The van der Waals surface area contributed by atoms with Crippen molar-refractivity contribution in [3.8, 4) is 6.07 Å². The van der Waals surface area contributed by atoms with Crippen molar-refractivity contribution in [2.24, 2.45) is 0 Å². The van der Waals surface area contributed by atoms with Gasteiger partial charge in [-0.25, -0.2) is 0 Å². The smallest absolute Gasteiger partial charge is 0.230 e. The number of hydrogen-bond donors (Lipinski definition) is 2. The summed E-state index contributed by atoms with van der Waals surface area (Å²) in [4.78, 5) is 24.7. The molecule has 1 aliphatic heterocycles. The minimum Gasteiger partial charge on any atom is -0.353 e. The van der Waals surface area contributed by atoms with Crippen molar-refractivity contribution >= 4 is 35.1 Å². The molecule has 0 aliphatic carbocycles. The number of hydrogen-bond acceptors (Lipinski definition) is 5. The number of halogens is 1. The molecule has 0 bridgehead atoms. The highest BCUT2D eigenvalue weighted by Gasteiger charge is 2.33. The topological polar surface area (TPSA) is 82.0 Å². The van der Waals surface area contributed by atoms with Gasteiger partial charge in [0.15, 0.2) is 5.78 Å². The average molecular weight is 452 g/mol. The molecule has 5 nitrogen and oxygen atoms in total. The Morgan fingerprint density at radius 3 is 2.45 bits per heavy atom. The third-order valence-corrected chi connectivity index (χ3v) is 6.18. The number of nitrogens with zero attached hydrogens (tertiary/aromatic N) is 1. The lowest BCUT2D eigenvalue weighted by atomic mass is 9.81. The molecular formula is C24H22ClN3O2S. The number of rotatable bonds is 7. The van der Waals surface area contributed by atoms with Gasteiger partial charge in [0.05, 0.1) is 28.3 Å². The van der Waals surface area contributed by atoms with Crippen molar-refractivity contribution in [2.45, 2.75) is 26.3 Å². The van der Waals surface area contributed by atoms with E-state index >= 15 is 0 Å². The molecule has 1 atom stereocenters. The lowest BCUT2D eigenvalue weighted by molar-refractivity contribution is -0.118. The first-order valence-electron chi connectivity index (χ1n) is 9.72. The number of nitrogens with one attached hydrogen (secondary N) is 2. The average Bonchev–Trinajstić information content (AvgIpc) is 2.76. The van der Waals surface area contributed by atoms with Gasteiger partial charge < -0.3 is 10.6 Å². The van der Waals surface area contributed by atoms with Crippen LogP contribution in [0, 0.1) is 11.3 Å². The van der Waals surface area contributed by atoms with Crippen LogP contribution in [0.1, 0.15) is 30.9 Å². The highest BCUT2D eigenvalue weighted by atomic mass is 35.5. The molecule has 0 fully saturated rings. The first-order valence-corrected chi connectivity index (χ1v) is 11.1. The van der Waals surface area contributed by atoms with Crippen LogP contribution in [0.2, 0.25) is 5.02 Å². The van der Waals surface area contributed by atoms with Gasteiger partial charge in [-0.2, -0.15) is 5.26 Å². The number of Topliss-reactive ketones (excluding diaryl/α,β-unsaturated/α-hetero) is 1. The SMILES string of the molecule is CC(=O)C1=C(C)NC(SCC(=O)NCc2ccccc2)=C(C#N)C1c1ccc(Cl)cc1. The largest absolute Gasteiger partial charge is 0.353 e. The van der Waals surface area contributed by atoms with Crippen LogP contribution in [-0.2, 0) is 16.1 Å². The van der Waals surface area contributed by atoms with Crippen molar-refractivity contribution in [1.82, 2.24) is 10.6 Å². The van der Waals surface area contributed by atoms with E-state index in [1.165, 1.54) is 18.7 Å². The summed E-state index contributed by atoms with van der Waals surface area (Å²) in [5, 5.41) is 17.1. The summed E-state index contributed by atoms with van der Waals surface area (Å²) in [6.07, 6.45) is 0. The van der Waals surface area contributed by atoms with E-state index in [1.807, 2.05) is 49.4 Å². The number of amides is 1. The fourth-order valence-corrected chi connectivity index (χ4v) is 4.51. The molecule has 0 aromatic heterocycles. The number of nitriles is 1. The molecule has 158 valence electrons. The van der Waals surface area contributed by atoms with Crippen molar-refractivity contribution in [3.05, 3.63) is 92.6 Å². The van der Waals surface area contributed by atoms with Crippen LogP contribution in [-0.4, -0.2) is 17.4 Å². The van der Waals surface area contributed by atoms with Crippen LogP contribution in [0.4, 0.5) is 0 Å². The molecule has 0 spiro atoms. The molecule has 1 heterocycles. The van der Waals surface area contributed by atoms with Crippen LogP contribution in [0.3, 0.4) is 0 Å². The standard InChI is InChI=1S/C24H22ClN3O2S/c1-15-22(16(2)29)23(18-8-10-19(25)11-9-18)20(12-26)24(28-15)31-14-21(30)27-13-17-6-4-3-5-7-17/h3-11,23,28H,13-14H2,1-2H3,(H,27,30). The van der Waals surface area contributed by atoms with Gasteiger partial charge in [0, 0.05) is 22.8 Å². The molecule has 31 heavy (non-hydrogen) atoms. The van der Waals surface area contributed by atoms with Crippen molar-refractivity contribution in [2.75, 3.05) is 5.75 Å². The van der Waals surface area contributed by atoms with E-state index in [1.54, 1.807) is 12.1 Å². The van der Waals surface area contributed by atoms with Crippen LogP contribution in [0.5, 0.6) is 0 Å². The molecule has 1 unspecified atom stereocenters. The Balaban J connectivity index is 1.80. The van der Waals surface area contributed by atoms with Gasteiger partial charge in [-0.1, -0.05) is 65.8 Å². The summed E-state index contributed by atoms with van der Waals surface area (Å²) in [6, 6.07) is 19.0. The van der Waals surface area contributed by atoms with E-state index in [0.29, 0.717) is 33.4 Å². The number of carbonyl (C=O) groups excluding carboxylic acids is 2. The molecule has 3 rings (SSSR count). The quantitative estimate of drug-likeness (QED) is 0.639. The minimum absolute atomic E-state index is 0.109. The fourth-order valence-electron chi connectivity index (χ4n) is 3.47. The van der Waals surface area contributed by atoms with E-state index in [9.17, 15) is 14.9 Å². The number of benzene rings is 2. The molecule has 2 aromatic rings. The van der Waals surface area contributed by atoms with Gasteiger partial charge in [0.2, 0.25) is 5.91 Å². The molecule has 1 aliphatic rings. The normalized spacial score (nSPS) is 15.9. The number of thioether (sulfide) groups is 1. The van der Waals surface area contributed by atoms with Crippen LogP contribution in [0.15, 0.2) is 76.5 Å². The summed E-state index contributed by atoms with van der Waals surface area (Å²) in [5.41, 5.74) is 3.45. The maximum atomic E-state index is 12.4. The summed E-state index contributed by atoms with van der Waals surface area (Å²) in [7, 11) is 0. The lowest BCUT2D eigenvalue weighted by Crippen LogP contribution is -2.29. The Labute approximate surface area is 191 Å². The molecule has 1 amide bonds. The van der Waals surface area contributed by atoms with Gasteiger partial charge in [-0.05, 0) is 37.1 Å². The van der Waals surface area contributed by atoms with Gasteiger partial charge in [0.25, 0.3) is 0 Å². The number of dihydropyridines is 1. The first-order chi connectivity index (χ1) is 14.9. The van der Waals surface area contributed by atoms with E-state index in [2.05, 4.69) is 16.7 Å². The number of carbonyl (C=O) groups is 2. The van der Waals surface area contributed by atoms with Gasteiger partial charge in [0.1, 0.15) is 0 Å². The summed E-state index contributed by atoms with van der Waals surface area (Å²) < 4.78 is 0. The van der Waals surface area contributed by atoms with E-state index < -0.39 is 5.92 Å². The van der Waals surface area contributed by atoms with E-state index in [0.717, 1.165) is 11.1 Å². The van der Waals surface area contributed by atoms with E-state index in [-0.39, 0.29) is 17.4 Å². The predicted octanol–water partition coefficient (Wildman–Crippen LogP) is 4.67. The zero-order valence-corrected chi connectivity index (χ0v) is 18.8. The van der Waals surface area contributed by atoms with Gasteiger partial charge in [-0.15, -0.1) is 0 Å². The van der Waals surface area contributed by atoms with Crippen LogP contribution in [0.25, 0.3) is 0 Å². The van der Waals surface area contributed by atoms with Crippen molar-refractivity contribution < 1.29 is 9.59 Å². The third-order valence-electron chi connectivity index (χ3n) is 4.91. The summed E-state index contributed by atoms with van der Waals surface area (Å²) in [5.74, 6) is -0.600. The zero-order valence-electron chi connectivity index (χ0n) is 17.2. The fraction of sp³-hybridized carbons (Fsp3) is 0.208. The Morgan fingerprint density at radius 2 is 1.84 bits per heavy atom. The lowest BCUT2D eigenvalue weighted by Gasteiger charge is -2.29. The van der Waals surface area contributed by atoms with Crippen LogP contribution < -0.4 is 10.6 Å². The number of allylic oxidation sites excluding steroid dienone is 3. The maximum Gasteiger partial charge on any atom is 0.230 e. The van der Waals surface area contributed by atoms with E-state index in [4.69, 9.17) is 11.6 Å². The molecular weight excluding hydrogens is 430 g/mol. The Morgan fingerprint density at radius 1 is 1.16 bits per heavy atom. The summed E-state index contributed by atoms with van der Waals surface area (Å²) >= 11 is 7.27. The van der Waals surface area contributed by atoms with Gasteiger partial charge >= 0.3 is 0 Å². The second-order valence-corrected chi connectivity index (χ2v) is 8.53. The molecule has 0 radical (unpaired) electrons. The van der Waals surface area contributed by atoms with Crippen LogP contribution >= 0.6 is 23.4 Å². The predicted molar refractivity (Wildman–Crippen MR) is 124 cm³/mol. The molecule has 2 aromatic carbocycles. The molecule has 7 heteroatoms. The zero-order chi connectivity index (χ0) is 22.4. The summed E-state index contributed by atoms with van der Waals surface area (Å²) in [6.45, 7) is 3.75. The minimum atomic E-state index is -0.504. The third kappa shape index (κ3) is 5.57. The first kappa shape index (κ1) is 22.7. The highest BCUT2D eigenvalue weighted by molar-refractivity contribution is 8.03. The van der Waals surface area contributed by atoms with Crippen molar-refractivity contribution in [1.29, 1.82) is 5.26 Å². The molecule has 0 saturated heterocycles.